The molecule has 1 atom stereocenters. The highest BCUT2D eigenvalue weighted by Crippen LogP contribution is 2.41. The molecule has 0 bridgehead atoms. The summed E-state index contributed by atoms with van der Waals surface area (Å²) in [7, 11) is 0. The van der Waals surface area contributed by atoms with Gasteiger partial charge in [-0.05, 0) is 29.3 Å². The average molecular weight is 399 g/mol. The van der Waals surface area contributed by atoms with E-state index in [1.807, 2.05) is 0 Å². The van der Waals surface area contributed by atoms with E-state index in [0.29, 0.717) is 5.56 Å². The Labute approximate surface area is 145 Å². The zero-order valence-corrected chi connectivity index (χ0v) is 14.0. The van der Waals surface area contributed by atoms with Gasteiger partial charge in [0.05, 0.1) is 6.42 Å². The smallest absolute Gasteiger partial charge is 0.376 e. The van der Waals surface area contributed by atoms with Crippen LogP contribution >= 0.6 is 15.9 Å². The predicted octanol–water partition coefficient (Wildman–Crippen LogP) is 4.87. The van der Waals surface area contributed by atoms with Crippen LogP contribution in [0.1, 0.15) is 17.5 Å². The van der Waals surface area contributed by atoms with Crippen molar-refractivity contribution in [1.82, 2.24) is 0 Å². The first kappa shape index (κ1) is 18.4. The van der Waals surface area contributed by atoms with Crippen LogP contribution in [0.4, 0.5) is 13.2 Å². The zero-order chi connectivity index (χ0) is 17.8. The molecule has 0 aliphatic rings. The second kappa shape index (κ2) is 7.32. The second-order valence-electron chi connectivity index (χ2n) is 5.26. The van der Waals surface area contributed by atoms with Gasteiger partial charge in [-0.15, -0.1) is 0 Å². The summed E-state index contributed by atoms with van der Waals surface area (Å²) in [6.07, 6.45) is -3.59. The number of alkyl halides is 3. The molecular weight excluding hydrogens is 385 g/mol. The van der Waals surface area contributed by atoms with Crippen molar-refractivity contribution in [2.75, 3.05) is 0 Å². The number of hydrogen-bond acceptors (Lipinski definition) is 2. The molecule has 1 N–H and O–H groups in total. The summed E-state index contributed by atoms with van der Waals surface area (Å²) in [5, 5.41) is 10.1. The van der Waals surface area contributed by atoms with Crippen molar-refractivity contribution < 1.29 is 23.1 Å². The van der Waals surface area contributed by atoms with Crippen LogP contribution in [0.15, 0.2) is 65.1 Å². The van der Waals surface area contributed by atoms with E-state index in [4.69, 9.17) is 0 Å². The maximum absolute atomic E-state index is 13.3. The lowest BCUT2D eigenvalue weighted by atomic mass is 9.87. The van der Waals surface area contributed by atoms with Crippen LogP contribution in [0.25, 0.3) is 6.08 Å². The Morgan fingerprint density at radius 1 is 1.08 bits per heavy atom. The van der Waals surface area contributed by atoms with E-state index in [-0.39, 0.29) is 5.56 Å². The molecule has 0 aliphatic heterocycles. The highest BCUT2D eigenvalue weighted by Gasteiger charge is 2.55. The fourth-order valence-corrected chi connectivity index (χ4v) is 2.61. The molecule has 0 amide bonds. The topological polar surface area (TPSA) is 37.3 Å². The number of halogens is 4. The third-order valence-corrected chi connectivity index (χ3v) is 3.95. The molecule has 0 saturated carbocycles. The van der Waals surface area contributed by atoms with Crippen molar-refractivity contribution in [2.45, 2.75) is 18.2 Å². The summed E-state index contributed by atoms with van der Waals surface area (Å²) in [6.45, 7) is 0. The van der Waals surface area contributed by atoms with Crippen LogP contribution in [0, 0.1) is 0 Å². The molecule has 0 aromatic heterocycles. The first-order valence-electron chi connectivity index (χ1n) is 7.03. The third-order valence-electron chi connectivity index (χ3n) is 3.46. The summed E-state index contributed by atoms with van der Waals surface area (Å²) in [5.41, 5.74) is -2.91. The van der Waals surface area contributed by atoms with Crippen LogP contribution in [-0.2, 0) is 10.4 Å². The quantitative estimate of drug-likeness (QED) is 0.729. The molecule has 0 radical (unpaired) electrons. The van der Waals surface area contributed by atoms with E-state index >= 15 is 0 Å². The summed E-state index contributed by atoms with van der Waals surface area (Å²) in [4.78, 5) is 12.0. The van der Waals surface area contributed by atoms with Crippen molar-refractivity contribution >= 4 is 27.8 Å². The monoisotopic (exact) mass is 398 g/mol. The molecule has 126 valence electrons. The molecular formula is C18H14BrF3O2. The molecule has 2 rings (SSSR count). The van der Waals surface area contributed by atoms with E-state index in [0.717, 1.165) is 22.7 Å². The Kier molecular flexibility index (Phi) is 5.62. The van der Waals surface area contributed by atoms with Crippen LogP contribution in [0.3, 0.4) is 0 Å². The van der Waals surface area contributed by atoms with Crippen molar-refractivity contribution in [2.24, 2.45) is 0 Å². The van der Waals surface area contributed by atoms with E-state index < -0.39 is 24.0 Å². The summed E-state index contributed by atoms with van der Waals surface area (Å²) >= 11 is 3.27. The standard InChI is InChI=1S/C18H14BrF3O2/c19-15-8-4-5-13(11-15)9-10-16(23)12-17(24,18(20,21)22)14-6-2-1-3-7-14/h1-11,24H,12H2/b10-9+/t17-/m1/s1. The minimum atomic E-state index is -4.96. The van der Waals surface area contributed by atoms with Gasteiger partial charge in [0.2, 0.25) is 0 Å². The van der Waals surface area contributed by atoms with Crippen LogP contribution < -0.4 is 0 Å². The Balaban J connectivity index is 2.23. The fraction of sp³-hybridized carbons (Fsp3) is 0.167. The average Bonchev–Trinajstić information content (AvgIpc) is 2.53. The predicted molar refractivity (Wildman–Crippen MR) is 89.2 cm³/mol. The molecule has 0 saturated heterocycles. The SMILES string of the molecule is O=C(/C=C/c1cccc(Br)c1)C[C@@](O)(c1ccccc1)C(F)(F)F. The lowest BCUT2D eigenvalue weighted by Gasteiger charge is -2.30. The molecule has 2 aromatic rings. The Hall–Kier alpha value is -1.92. The summed E-state index contributed by atoms with van der Waals surface area (Å²) < 4.78 is 40.8. The van der Waals surface area contributed by atoms with Crippen LogP contribution in [0.2, 0.25) is 0 Å². The number of ketones is 1. The third kappa shape index (κ3) is 4.33. The normalized spacial score (nSPS) is 14.5. The fourth-order valence-electron chi connectivity index (χ4n) is 2.19. The van der Waals surface area contributed by atoms with Gasteiger partial charge < -0.3 is 5.11 Å². The van der Waals surface area contributed by atoms with E-state index in [1.165, 1.54) is 24.3 Å². The van der Waals surface area contributed by atoms with Crippen LogP contribution in [0.5, 0.6) is 0 Å². The minimum Gasteiger partial charge on any atom is -0.376 e. The van der Waals surface area contributed by atoms with Crippen molar-refractivity contribution in [1.29, 1.82) is 0 Å². The summed E-state index contributed by atoms with van der Waals surface area (Å²) in [6, 6.07) is 13.6. The van der Waals surface area contributed by atoms with Gasteiger partial charge in [-0.25, -0.2) is 0 Å². The number of rotatable bonds is 5. The molecule has 0 spiro atoms. The Bertz CT molecular complexity index is 741. The maximum atomic E-state index is 13.3. The molecule has 2 aromatic carbocycles. The van der Waals surface area contributed by atoms with E-state index in [2.05, 4.69) is 15.9 Å². The van der Waals surface area contributed by atoms with Gasteiger partial charge in [-0.2, -0.15) is 13.2 Å². The summed E-state index contributed by atoms with van der Waals surface area (Å²) in [5.74, 6) is -0.821. The van der Waals surface area contributed by atoms with Gasteiger partial charge in [0.1, 0.15) is 0 Å². The number of allylic oxidation sites excluding steroid dienone is 1. The van der Waals surface area contributed by atoms with Gasteiger partial charge in [0.15, 0.2) is 11.4 Å². The molecule has 0 unspecified atom stereocenters. The number of benzene rings is 2. The first-order valence-corrected chi connectivity index (χ1v) is 7.83. The molecule has 6 heteroatoms. The van der Waals surface area contributed by atoms with E-state index in [1.54, 1.807) is 24.3 Å². The van der Waals surface area contributed by atoms with Crippen molar-refractivity contribution in [3.63, 3.8) is 0 Å². The first-order chi connectivity index (χ1) is 11.2. The lowest BCUT2D eigenvalue weighted by Crippen LogP contribution is -2.43. The van der Waals surface area contributed by atoms with Gasteiger partial charge in [-0.1, -0.05) is 64.5 Å². The van der Waals surface area contributed by atoms with Gasteiger partial charge >= 0.3 is 6.18 Å². The number of aliphatic hydroxyl groups is 1. The molecule has 0 heterocycles. The van der Waals surface area contributed by atoms with E-state index in [9.17, 15) is 23.1 Å². The van der Waals surface area contributed by atoms with Gasteiger partial charge in [-0.3, -0.25) is 4.79 Å². The van der Waals surface area contributed by atoms with Crippen molar-refractivity contribution in [3.8, 4) is 0 Å². The van der Waals surface area contributed by atoms with Gasteiger partial charge in [0, 0.05) is 4.47 Å². The molecule has 2 nitrogen and oxygen atoms in total. The molecule has 0 aliphatic carbocycles. The zero-order valence-electron chi connectivity index (χ0n) is 12.4. The van der Waals surface area contributed by atoms with Crippen LogP contribution in [-0.4, -0.2) is 17.1 Å². The number of hydrogen-bond donors (Lipinski definition) is 1. The lowest BCUT2D eigenvalue weighted by molar-refractivity contribution is -0.266. The highest BCUT2D eigenvalue weighted by molar-refractivity contribution is 9.10. The van der Waals surface area contributed by atoms with Gasteiger partial charge in [0.25, 0.3) is 0 Å². The molecule has 24 heavy (non-hydrogen) atoms. The maximum Gasteiger partial charge on any atom is 0.421 e. The highest BCUT2D eigenvalue weighted by atomic mass is 79.9. The second-order valence-corrected chi connectivity index (χ2v) is 6.17. The number of carbonyl (C=O) groups is 1. The largest absolute Gasteiger partial charge is 0.421 e. The molecule has 0 fully saturated rings. The minimum absolute atomic E-state index is 0.360. The van der Waals surface area contributed by atoms with Crippen molar-refractivity contribution in [3.05, 3.63) is 76.3 Å². The Morgan fingerprint density at radius 2 is 1.75 bits per heavy atom. The number of carbonyl (C=O) groups excluding carboxylic acids is 1. The Morgan fingerprint density at radius 3 is 2.33 bits per heavy atom.